The van der Waals surface area contributed by atoms with Crippen molar-refractivity contribution in [2.75, 3.05) is 0 Å². The van der Waals surface area contributed by atoms with Crippen LogP contribution in [0.15, 0.2) is 103 Å². The van der Waals surface area contributed by atoms with E-state index in [-0.39, 0.29) is 43.2 Å². The molecule has 0 unspecified atom stereocenters. The quantitative estimate of drug-likeness (QED) is 0.179. The molecule has 7 rings (SSSR count). The second-order valence-electron chi connectivity index (χ2n) is 14.6. The molecule has 0 aliphatic rings. The van der Waals surface area contributed by atoms with Gasteiger partial charge in [0.25, 0.3) is 0 Å². The topological polar surface area (TPSA) is 63.8 Å². The third-order valence-electron chi connectivity index (χ3n) is 8.94. The second-order valence-corrected chi connectivity index (χ2v) is 14.6. The molecule has 3 heterocycles. The van der Waals surface area contributed by atoms with Crippen LogP contribution in [0.25, 0.3) is 61.4 Å². The SMILES string of the molecule is CC(C)(C)c1ccc(-n2c(-c3[c-]c(-c4nc(C(C)(C)C)cc5cccnc45)ccc3)nc3c(-c4cc(C(F)(F)F)ccc4O)cccc32)cc1.[Pt]. The molecule has 0 amide bonds. The van der Waals surface area contributed by atoms with Crippen LogP contribution in [-0.2, 0) is 38.1 Å². The van der Waals surface area contributed by atoms with Gasteiger partial charge in [0.05, 0.1) is 27.9 Å². The van der Waals surface area contributed by atoms with Gasteiger partial charge in [-0.1, -0.05) is 83.0 Å². The smallest absolute Gasteiger partial charge is 0.416 e. The van der Waals surface area contributed by atoms with Crippen LogP contribution in [0.5, 0.6) is 5.75 Å². The maximum absolute atomic E-state index is 13.8. The van der Waals surface area contributed by atoms with Gasteiger partial charge in [-0.15, -0.1) is 24.3 Å². The van der Waals surface area contributed by atoms with E-state index >= 15 is 0 Å². The summed E-state index contributed by atoms with van der Waals surface area (Å²) < 4.78 is 43.4. The Balaban J connectivity index is 0.00000448. The van der Waals surface area contributed by atoms with Crippen molar-refractivity contribution in [3.63, 3.8) is 0 Å². The summed E-state index contributed by atoms with van der Waals surface area (Å²) in [5.74, 6) is 0.266. The first kappa shape index (κ1) is 36.0. The molecular formula is C42H36F3N4OPt-. The molecule has 0 radical (unpaired) electrons. The number of hydrogen-bond donors (Lipinski definition) is 1. The second kappa shape index (κ2) is 13.1. The number of fused-ring (bicyclic) bond motifs is 2. The zero-order valence-corrected chi connectivity index (χ0v) is 31.3. The van der Waals surface area contributed by atoms with Crippen LogP contribution >= 0.6 is 0 Å². The molecule has 9 heteroatoms. The summed E-state index contributed by atoms with van der Waals surface area (Å²) in [6, 6.07) is 31.8. The number of aromatic hydroxyl groups is 1. The van der Waals surface area contributed by atoms with E-state index in [1.807, 2.05) is 53.1 Å². The van der Waals surface area contributed by atoms with E-state index in [2.05, 4.69) is 70.8 Å². The molecule has 262 valence electrons. The normalized spacial score (nSPS) is 12.3. The molecule has 0 spiro atoms. The molecule has 0 aliphatic heterocycles. The van der Waals surface area contributed by atoms with Crippen molar-refractivity contribution in [2.24, 2.45) is 0 Å². The number of pyridine rings is 2. The fourth-order valence-electron chi connectivity index (χ4n) is 6.19. The number of phenols is 1. The first-order valence-corrected chi connectivity index (χ1v) is 16.4. The average molecular weight is 865 g/mol. The van der Waals surface area contributed by atoms with E-state index in [1.54, 1.807) is 18.3 Å². The van der Waals surface area contributed by atoms with E-state index in [0.717, 1.165) is 51.6 Å². The average Bonchev–Trinajstić information content (AvgIpc) is 3.47. The number of rotatable bonds is 4. The maximum atomic E-state index is 13.8. The number of phenolic OH excluding ortho intramolecular Hbond substituents is 1. The van der Waals surface area contributed by atoms with Gasteiger partial charge in [-0.05, 0) is 64.9 Å². The Morgan fingerprint density at radius 3 is 2.04 bits per heavy atom. The predicted molar refractivity (Wildman–Crippen MR) is 193 cm³/mol. The van der Waals surface area contributed by atoms with Crippen molar-refractivity contribution in [1.82, 2.24) is 19.5 Å². The third kappa shape index (κ3) is 6.82. The molecule has 0 fully saturated rings. The van der Waals surface area contributed by atoms with Crippen molar-refractivity contribution in [3.8, 4) is 45.2 Å². The van der Waals surface area contributed by atoms with Crippen LogP contribution in [0.4, 0.5) is 13.2 Å². The van der Waals surface area contributed by atoms with Crippen molar-refractivity contribution >= 4 is 21.9 Å². The van der Waals surface area contributed by atoms with Crippen molar-refractivity contribution in [1.29, 1.82) is 0 Å². The Morgan fingerprint density at radius 2 is 1.35 bits per heavy atom. The van der Waals surface area contributed by atoms with E-state index in [0.29, 0.717) is 33.7 Å². The van der Waals surface area contributed by atoms with Crippen LogP contribution in [0.2, 0.25) is 0 Å². The van der Waals surface area contributed by atoms with Gasteiger partial charge in [-0.25, -0.2) is 0 Å². The minimum Gasteiger partial charge on any atom is -0.507 e. The van der Waals surface area contributed by atoms with Crippen molar-refractivity contribution in [3.05, 3.63) is 126 Å². The van der Waals surface area contributed by atoms with Crippen LogP contribution in [0, 0.1) is 6.07 Å². The molecule has 7 aromatic rings. The minimum absolute atomic E-state index is 0. The maximum Gasteiger partial charge on any atom is 0.416 e. The standard InChI is InChI=1S/C42H36F3N4O.Pt/c1-40(2,3)28-15-18-30(19-16-28)49-33-14-8-13-31(32-24-29(42(43,44)45)17-20-34(32)50)38(33)48-39(49)27-11-7-10-25(22-27)37-36-26(12-9-21-46-36)23-35(47-37)41(4,5)6;/h7-21,23-24,50H,1-6H3;/q-1;. The largest absolute Gasteiger partial charge is 0.507 e. The van der Waals surface area contributed by atoms with Crippen LogP contribution in [-0.4, -0.2) is 24.6 Å². The molecule has 3 aromatic heterocycles. The van der Waals surface area contributed by atoms with Crippen molar-refractivity contribution in [2.45, 2.75) is 58.5 Å². The van der Waals surface area contributed by atoms with Gasteiger partial charge >= 0.3 is 6.18 Å². The fraction of sp³-hybridized carbons (Fsp3) is 0.214. The fourth-order valence-corrected chi connectivity index (χ4v) is 6.19. The van der Waals surface area contributed by atoms with Crippen LogP contribution < -0.4 is 0 Å². The van der Waals surface area contributed by atoms with Gasteiger partial charge in [0.15, 0.2) is 0 Å². The molecule has 1 N–H and O–H groups in total. The number of imidazole rings is 1. The predicted octanol–water partition coefficient (Wildman–Crippen LogP) is 11.1. The Kier molecular flexibility index (Phi) is 9.22. The number of para-hydroxylation sites is 1. The molecule has 51 heavy (non-hydrogen) atoms. The van der Waals surface area contributed by atoms with Crippen molar-refractivity contribution < 1.29 is 39.3 Å². The summed E-state index contributed by atoms with van der Waals surface area (Å²) in [7, 11) is 0. The molecule has 0 saturated heterocycles. The molecule has 0 aliphatic carbocycles. The van der Waals surface area contributed by atoms with Gasteiger partial charge in [-0.3, -0.25) is 15.0 Å². The zero-order valence-electron chi connectivity index (χ0n) is 29.0. The Hall–Kier alpha value is -4.81. The van der Waals surface area contributed by atoms with E-state index in [4.69, 9.17) is 9.97 Å². The molecule has 0 bridgehead atoms. The Bertz CT molecular complexity index is 2400. The number of alkyl halides is 3. The number of nitrogens with zero attached hydrogens (tertiary/aromatic N) is 4. The van der Waals surface area contributed by atoms with E-state index in [1.165, 1.54) is 0 Å². The number of hydrogen-bond acceptors (Lipinski definition) is 4. The first-order chi connectivity index (χ1) is 23.6. The summed E-state index contributed by atoms with van der Waals surface area (Å²) in [6.45, 7) is 12.8. The molecule has 0 atom stereocenters. The summed E-state index contributed by atoms with van der Waals surface area (Å²) in [6.07, 6.45) is -2.83. The number of benzene rings is 4. The summed E-state index contributed by atoms with van der Waals surface area (Å²) >= 11 is 0. The van der Waals surface area contributed by atoms with Crippen LogP contribution in [0.1, 0.15) is 58.4 Å². The van der Waals surface area contributed by atoms with Gasteiger partial charge in [0.1, 0.15) is 5.75 Å². The van der Waals surface area contributed by atoms with Gasteiger partial charge in [0.2, 0.25) is 0 Å². The minimum atomic E-state index is -4.58. The monoisotopic (exact) mass is 864 g/mol. The number of halogens is 3. The Morgan fingerprint density at radius 1 is 0.667 bits per heavy atom. The molecule has 5 nitrogen and oxygen atoms in total. The Labute approximate surface area is 309 Å². The van der Waals surface area contributed by atoms with Gasteiger partial charge in [-0.2, -0.15) is 13.2 Å². The molecule has 0 saturated carbocycles. The van der Waals surface area contributed by atoms with Gasteiger partial charge < -0.3 is 9.67 Å². The summed E-state index contributed by atoms with van der Waals surface area (Å²) in [5.41, 5.74) is 6.12. The first-order valence-electron chi connectivity index (χ1n) is 16.4. The van der Waals surface area contributed by atoms with Gasteiger partial charge in [0, 0.05) is 60.9 Å². The van der Waals surface area contributed by atoms with E-state index in [9.17, 15) is 18.3 Å². The van der Waals surface area contributed by atoms with Crippen LogP contribution in [0.3, 0.4) is 0 Å². The van der Waals surface area contributed by atoms with E-state index < -0.39 is 11.7 Å². The molecule has 4 aromatic carbocycles. The number of aromatic nitrogens is 4. The third-order valence-corrected chi connectivity index (χ3v) is 8.94. The summed E-state index contributed by atoms with van der Waals surface area (Å²) in [4.78, 5) is 14.9. The summed E-state index contributed by atoms with van der Waals surface area (Å²) in [5, 5.41) is 11.8. The molecular weight excluding hydrogens is 829 g/mol. The zero-order chi connectivity index (χ0) is 35.6.